The predicted molar refractivity (Wildman–Crippen MR) is 81.5 cm³/mol. The van der Waals surface area contributed by atoms with E-state index in [-0.39, 0.29) is 0 Å². The molecule has 0 aromatic heterocycles. The summed E-state index contributed by atoms with van der Waals surface area (Å²) in [5, 5.41) is 3.69. The van der Waals surface area contributed by atoms with Gasteiger partial charge in [-0.3, -0.25) is 4.79 Å². The molecule has 3 rings (SSSR count). The van der Waals surface area contributed by atoms with Gasteiger partial charge in [-0.25, -0.2) is 0 Å². The minimum atomic E-state index is 0.449. The van der Waals surface area contributed by atoms with Crippen LogP contribution in [0, 0.1) is 5.92 Å². The second-order valence-electron chi connectivity index (χ2n) is 7.20. The van der Waals surface area contributed by atoms with E-state index in [2.05, 4.69) is 17.1 Å². The summed E-state index contributed by atoms with van der Waals surface area (Å²) in [6, 6.07) is 1.87. The van der Waals surface area contributed by atoms with Crippen LogP contribution in [-0.2, 0) is 4.79 Å². The average molecular weight is 278 g/mol. The molecular weight excluding hydrogens is 248 g/mol. The highest BCUT2D eigenvalue weighted by Gasteiger charge is 2.37. The van der Waals surface area contributed by atoms with Crippen LogP contribution >= 0.6 is 0 Å². The molecule has 2 saturated heterocycles. The van der Waals surface area contributed by atoms with Gasteiger partial charge in [0.05, 0.1) is 0 Å². The molecule has 1 saturated carbocycles. The fourth-order valence-corrected chi connectivity index (χ4v) is 4.61. The number of nitrogens with zero attached hydrogens (tertiary/aromatic N) is 1. The Morgan fingerprint density at radius 3 is 2.35 bits per heavy atom. The SMILES string of the molecule is CCCN(C(=O)CC1CCCC1)C1CC2CCC(C1)N2. The first-order valence-electron chi connectivity index (χ1n) is 8.81. The van der Waals surface area contributed by atoms with E-state index in [1.54, 1.807) is 0 Å². The Hall–Kier alpha value is -0.570. The Kier molecular flexibility index (Phi) is 4.65. The molecule has 114 valence electrons. The van der Waals surface area contributed by atoms with Crippen molar-refractivity contribution >= 4 is 5.91 Å². The van der Waals surface area contributed by atoms with Crippen LogP contribution in [-0.4, -0.2) is 35.5 Å². The van der Waals surface area contributed by atoms with Crippen molar-refractivity contribution in [2.24, 2.45) is 5.92 Å². The highest BCUT2D eigenvalue weighted by atomic mass is 16.2. The second-order valence-corrected chi connectivity index (χ2v) is 7.20. The van der Waals surface area contributed by atoms with Gasteiger partial charge in [0.1, 0.15) is 0 Å². The van der Waals surface area contributed by atoms with Crippen LogP contribution in [0.3, 0.4) is 0 Å². The van der Waals surface area contributed by atoms with Crippen LogP contribution in [0.25, 0.3) is 0 Å². The molecule has 1 N–H and O–H groups in total. The molecule has 0 aromatic carbocycles. The van der Waals surface area contributed by atoms with Crippen molar-refractivity contribution in [2.45, 2.75) is 89.3 Å². The van der Waals surface area contributed by atoms with Crippen LogP contribution in [0.2, 0.25) is 0 Å². The molecule has 2 unspecified atom stereocenters. The largest absolute Gasteiger partial charge is 0.340 e. The van der Waals surface area contributed by atoms with Gasteiger partial charge in [-0.1, -0.05) is 19.8 Å². The summed E-state index contributed by atoms with van der Waals surface area (Å²) < 4.78 is 0. The zero-order valence-electron chi connectivity index (χ0n) is 12.9. The maximum atomic E-state index is 12.7. The maximum Gasteiger partial charge on any atom is 0.223 e. The minimum Gasteiger partial charge on any atom is -0.340 e. The van der Waals surface area contributed by atoms with E-state index in [1.165, 1.54) is 51.4 Å². The first-order chi connectivity index (χ1) is 9.76. The van der Waals surface area contributed by atoms with Gasteiger partial charge in [-0.15, -0.1) is 0 Å². The molecule has 3 nitrogen and oxygen atoms in total. The molecule has 0 aromatic rings. The van der Waals surface area contributed by atoms with Gasteiger partial charge < -0.3 is 10.2 Å². The first kappa shape index (κ1) is 14.4. The molecule has 2 bridgehead atoms. The lowest BCUT2D eigenvalue weighted by atomic mass is 9.96. The molecule has 2 atom stereocenters. The van der Waals surface area contributed by atoms with Crippen LogP contribution in [0.1, 0.15) is 71.1 Å². The lowest BCUT2D eigenvalue weighted by Gasteiger charge is -2.38. The molecular formula is C17H30N2O. The van der Waals surface area contributed by atoms with Crippen molar-refractivity contribution in [3.8, 4) is 0 Å². The molecule has 20 heavy (non-hydrogen) atoms. The van der Waals surface area contributed by atoms with Crippen LogP contribution in [0.5, 0.6) is 0 Å². The van der Waals surface area contributed by atoms with Crippen molar-refractivity contribution in [1.82, 2.24) is 10.2 Å². The third-order valence-corrected chi connectivity index (χ3v) is 5.61. The molecule has 3 aliphatic rings. The van der Waals surface area contributed by atoms with Crippen LogP contribution in [0.15, 0.2) is 0 Å². The Morgan fingerprint density at radius 2 is 1.75 bits per heavy atom. The normalized spacial score (nSPS) is 33.5. The summed E-state index contributed by atoms with van der Waals surface area (Å²) in [6.45, 7) is 3.17. The van der Waals surface area contributed by atoms with Crippen LogP contribution in [0.4, 0.5) is 0 Å². The first-order valence-corrected chi connectivity index (χ1v) is 8.81. The standard InChI is InChI=1S/C17H30N2O/c1-2-9-19(17(20)10-13-5-3-4-6-13)16-11-14-7-8-15(12-16)18-14/h13-16,18H,2-12H2,1H3. The van der Waals surface area contributed by atoms with Crippen molar-refractivity contribution in [3.05, 3.63) is 0 Å². The van der Waals surface area contributed by atoms with Gasteiger partial charge in [0.15, 0.2) is 0 Å². The fourth-order valence-electron chi connectivity index (χ4n) is 4.61. The minimum absolute atomic E-state index is 0.449. The van der Waals surface area contributed by atoms with E-state index >= 15 is 0 Å². The maximum absolute atomic E-state index is 12.7. The van der Waals surface area contributed by atoms with Gasteiger partial charge in [-0.05, 0) is 50.9 Å². The molecule has 3 heteroatoms. The second kappa shape index (κ2) is 6.46. The molecule has 3 fully saturated rings. The average Bonchev–Trinajstić information content (AvgIpc) is 3.05. The van der Waals surface area contributed by atoms with Gasteiger partial charge in [0.25, 0.3) is 0 Å². The number of fused-ring (bicyclic) bond motifs is 2. The zero-order chi connectivity index (χ0) is 13.9. The molecule has 1 amide bonds. The lowest BCUT2D eigenvalue weighted by molar-refractivity contribution is -0.135. The van der Waals surface area contributed by atoms with E-state index < -0.39 is 0 Å². The van der Waals surface area contributed by atoms with Crippen LogP contribution < -0.4 is 5.32 Å². The number of amides is 1. The van der Waals surface area contributed by atoms with Gasteiger partial charge >= 0.3 is 0 Å². The fraction of sp³-hybridized carbons (Fsp3) is 0.941. The molecule has 0 spiro atoms. The molecule has 2 heterocycles. The van der Waals surface area contributed by atoms with E-state index in [4.69, 9.17) is 0 Å². The Morgan fingerprint density at radius 1 is 1.10 bits per heavy atom. The Labute approximate surface area is 123 Å². The number of hydrogen-bond donors (Lipinski definition) is 1. The summed E-state index contributed by atoms with van der Waals surface area (Å²) in [5.74, 6) is 1.13. The van der Waals surface area contributed by atoms with E-state index in [0.717, 1.165) is 19.4 Å². The zero-order valence-corrected chi connectivity index (χ0v) is 12.9. The van der Waals surface area contributed by atoms with E-state index in [1.807, 2.05) is 0 Å². The van der Waals surface area contributed by atoms with Gasteiger partial charge in [-0.2, -0.15) is 0 Å². The predicted octanol–water partition coefficient (Wildman–Crippen LogP) is 3.09. The topological polar surface area (TPSA) is 32.3 Å². The summed E-state index contributed by atoms with van der Waals surface area (Å²) >= 11 is 0. The van der Waals surface area contributed by atoms with Crippen molar-refractivity contribution in [2.75, 3.05) is 6.54 Å². The van der Waals surface area contributed by atoms with Crippen molar-refractivity contribution in [3.63, 3.8) is 0 Å². The monoisotopic (exact) mass is 278 g/mol. The molecule has 2 aliphatic heterocycles. The highest BCUT2D eigenvalue weighted by molar-refractivity contribution is 5.76. The number of piperidine rings is 1. The Balaban J connectivity index is 1.60. The summed E-state index contributed by atoms with van der Waals surface area (Å²) in [7, 11) is 0. The Bertz CT molecular complexity index is 326. The third-order valence-electron chi connectivity index (χ3n) is 5.61. The molecule has 0 radical (unpaired) electrons. The number of rotatable bonds is 5. The third kappa shape index (κ3) is 3.19. The molecule has 1 aliphatic carbocycles. The van der Waals surface area contributed by atoms with E-state index in [9.17, 15) is 4.79 Å². The van der Waals surface area contributed by atoms with Gasteiger partial charge in [0, 0.05) is 31.1 Å². The summed E-state index contributed by atoms with van der Waals surface area (Å²) in [6.07, 6.45) is 12.2. The number of hydrogen-bond acceptors (Lipinski definition) is 2. The number of nitrogens with one attached hydrogen (secondary N) is 1. The number of carbonyl (C=O) groups is 1. The number of carbonyl (C=O) groups excluding carboxylic acids is 1. The van der Waals surface area contributed by atoms with Crippen molar-refractivity contribution < 1.29 is 4.79 Å². The van der Waals surface area contributed by atoms with Crippen molar-refractivity contribution in [1.29, 1.82) is 0 Å². The lowest BCUT2D eigenvalue weighted by Crippen LogP contribution is -2.50. The summed E-state index contributed by atoms with van der Waals surface area (Å²) in [5.41, 5.74) is 0. The highest BCUT2D eigenvalue weighted by Crippen LogP contribution is 2.32. The van der Waals surface area contributed by atoms with E-state index in [0.29, 0.717) is 30.0 Å². The van der Waals surface area contributed by atoms with Gasteiger partial charge in [0.2, 0.25) is 5.91 Å². The summed E-state index contributed by atoms with van der Waals surface area (Å²) in [4.78, 5) is 15.0. The smallest absolute Gasteiger partial charge is 0.223 e. The quantitative estimate of drug-likeness (QED) is 0.838.